The van der Waals surface area contributed by atoms with Crippen molar-refractivity contribution in [3.63, 3.8) is 0 Å². The van der Waals surface area contributed by atoms with Gasteiger partial charge in [-0.25, -0.2) is 0 Å². The van der Waals surface area contributed by atoms with Gasteiger partial charge in [0.15, 0.2) is 0 Å². The monoisotopic (exact) mass is 502 g/mol. The van der Waals surface area contributed by atoms with E-state index in [2.05, 4.69) is 117 Å². The van der Waals surface area contributed by atoms with Crippen LogP contribution in [0.5, 0.6) is 0 Å². The summed E-state index contributed by atoms with van der Waals surface area (Å²) < 4.78 is 4.52. The molecule has 39 heavy (non-hydrogen) atoms. The third-order valence-corrected chi connectivity index (χ3v) is 7.34. The lowest BCUT2D eigenvalue weighted by atomic mass is 10.0. The van der Waals surface area contributed by atoms with Crippen molar-refractivity contribution in [2.24, 2.45) is 0 Å². The number of hydrogen-bond donors (Lipinski definition) is 0. The Balaban J connectivity index is 1.28. The molecule has 0 aliphatic rings. The molecule has 0 atom stereocenters. The van der Waals surface area contributed by atoms with E-state index in [0.717, 1.165) is 61.2 Å². The van der Waals surface area contributed by atoms with Gasteiger partial charge in [0.25, 0.3) is 0 Å². The number of nitrogens with zero attached hydrogens (tertiary/aromatic N) is 4. The van der Waals surface area contributed by atoms with Crippen LogP contribution in [0.25, 0.3) is 67.6 Å². The molecule has 4 heteroatoms. The number of fused-ring (bicyclic) bond motifs is 4. The summed E-state index contributed by atoms with van der Waals surface area (Å²) in [5.74, 6) is 0. The van der Waals surface area contributed by atoms with Gasteiger partial charge in [-0.05, 0) is 78.7 Å². The SMILES string of the molecule is C=Cc1c(/C=C\C)c2ncccc2n1-c1ccc(-c2ccc(-n3c4ccccc4c4ncccc43)cc2)cc1. The predicted octanol–water partition coefficient (Wildman–Crippen LogP) is 8.86. The topological polar surface area (TPSA) is 35.6 Å². The highest BCUT2D eigenvalue weighted by atomic mass is 15.0. The van der Waals surface area contributed by atoms with Gasteiger partial charge in [0, 0.05) is 34.7 Å². The quantitative estimate of drug-likeness (QED) is 0.236. The van der Waals surface area contributed by atoms with Crippen molar-refractivity contribution in [2.75, 3.05) is 0 Å². The fourth-order valence-electron chi connectivity index (χ4n) is 5.63. The van der Waals surface area contributed by atoms with Gasteiger partial charge in [-0.2, -0.15) is 0 Å². The summed E-state index contributed by atoms with van der Waals surface area (Å²) in [7, 11) is 0. The fraction of sp³-hybridized carbons (Fsp3) is 0.0286. The lowest BCUT2D eigenvalue weighted by molar-refractivity contribution is 1.10. The zero-order chi connectivity index (χ0) is 26.3. The van der Waals surface area contributed by atoms with E-state index < -0.39 is 0 Å². The van der Waals surface area contributed by atoms with Gasteiger partial charge in [0.1, 0.15) is 0 Å². The molecule has 0 amide bonds. The van der Waals surface area contributed by atoms with Crippen molar-refractivity contribution in [1.82, 2.24) is 19.1 Å². The van der Waals surface area contributed by atoms with E-state index >= 15 is 0 Å². The molecule has 0 radical (unpaired) electrons. The van der Waals surface area contributed by atoms with E-state index in [9.17, 15) is 0 Å². The van der Waals surface area contributed by atoms with Crippen LogP contribution in [0.4, 0.5) is 0 Å². The molecule has 7 aromatic rings. The van der Waals surface area contributed by atoms with E-state index in [1.165, 1.54) is 5.56 Å². The minimum absolute atomic E-state index is 0.977. The molecule has 0 aliphatic carbocycles. The minimum Gasteiger partial charge on any atom is -0.308 e. The van der Waals surface area contributed by atoms with Crippen molar-refractivity contribution in [1.29, 1.82) is 0 Å². The molecule has 3 aromatic carbocycles. The minimum atomic E-state index is 0.977. The van der Waals surface area contributed by atoms with Crippen LogP contribution in [-0.2, 0) is 0 Å². The Hall–Kier alpha value is -5.22. The van der Waals surface area contributed by atoms with Gasteiger partial charge in [-0.1, -0.05) is 61.2 Å². The highest BCUT2D eigenvalue weighted by Gasteiger charge is 2.16. The third-order valence-electron chi connectivity index (χ3n) is 7.34. The molecule has 0 saturated carbocycles. The largest absolute Gasteiger partial charge is 0.308 e. The van der Waals surface area contributed by atoms with Gasteiger partial charge in [0.2, 0.25) is 0 Å². The Morgan fingerprint density at radius 1 is 0.615 bits per heavy atom. The van der Waals surface area contributed by atoms with Crippen molar-refractivity contribution in [3.8, 4) is 22.5 Å². The summed E-state index contributed by atoms with van der Waals surface area (Å²) in [4.78, 5) is 9.32. The van der Waals surface area contributed by atoms with Crippen molar-refractivity contribution in [3.05, 3.63) is 133 Å². The number of pyridine rings is 2. The second kappa shape index (κ2) is 9.26. The first-order valence-corrected chi connectivity index (χ1v) is 13.1. The number of allylic oxidation sites excluding steroid dienone is 1. The summed E-state index contributed by atoms with van der Waals surface area (Å²) in [6.45, 7) is 6.12. The molecule has 4 aromatic heterocycles. The molecule has 0 spiro atoms. The second-order valence-electron chi connectivity index (χ2n) is 9.53. The van der Waals surface area contributed by atoms with Crippen molar-refractivity contribution in [2.45, 2.75) is 6.92 Å². The van der Waals surface area contributed by atoms with Gasteiger partial charge in [0.05, 0.1) is 33.3 Å². The Labute approximate surface area is 226 Å². The molecule has 0 N–H and O–H groups in total. The van der Waals surface area contributed by atoms with Crippen LogP contribution < -0.4 is 0 Å². The highest BCUT2D eigenvalue weighted by molar-refractivity contribution is 6.06. The number of aromatic nitrogens is 4. The summed E-state index contributed by atoms with van der Waals surface area (Å²) in [6.07, 6.45) is 9.76. The third kappa shape index (κ3) is 3.61. The van der Waals surface area contributed by atoms with Crippen LogP contribution in [0, 0.1) is 0 Å². The fourth-order valence-corrected chi connectivity index (χ4v) is 5.63. The Bertz CT molecular complexity index is 1970. The predicted molar refractivity (Wildman–Crippen MR) is 163 cm³/mol. The first-order valence-electron chi connectivity index (χ1n) is 13.1. The Kier molecular flexibility index (Phi) is 5.45. The molecule has 0 saturated heterocycles. The maximum Gasteiger partial charge on any atom is 0.0963 e. The van der Waals surface area contributed by atoms with Gasteiger partial charge in [-0.3, -0.25) is 9.97 Å². The standard InChI is InChI=1S/C35H26N4/c1-3-9-28-30(4-2)38(32-12-7-22-36-34(28)32)26-18-14-24(15-19-26)25-16-20-27(21-17-25)39-31-11-6-5-10-29(31)35-33(39)13-8-23-37-35/h3-23H,2H2,1H3/b9-3-. The summed E-state index contributed by atoms with van der Waals surface area (Å²) in [6, 6.07) is 34.1. The zero-order valence-electron chi connectivity index (χ0n) is 21.6. The maximum atomic E-state index is 4.66. The van der Waals surface area contributed by atoms with E-state index in [-0.39, 0.29) is 0 Å². The summed E-state index contributed by atoms with van der Waals surface area (Å²) in [5.41, 5.74) is 12.0. The molecular formula is C35H26N4. The molecule has 186 valence electrons. The summed E-state index contributed by atoms with van der Waals surface area (Å²) >= 11 is 0. The Morgan fingerprint density at radius 3 is 1.82 bits per heavy atom. The first-order chi connectivity index (χ1) is 19.3. The number of benzene rings is 3. The maximum absolute atomic E-state index is 4.66. The average Bonchev–Trinajstić information content (AvgIpc) is 3.50. The van der Waals surface area contributed by atoms with E-state index in [1.54, 1.807) is 0 Å². The molecule has 4 nitrogen and oxygen atoms in total. The molecule has 0 fully saturated rings. The average molecular weight is 503 g/mol. The molecular weight excluding hydrogens is 476 g/mol. The van der Waals surface area contributed by atoms with E-state index in [0.29, 0.717) is 0 Å². The molecule has 0 bridgehead atoms. The van der Waals surface area contributed by atoms with Crippen LogP contribution >= 0.6 is 0 Å². The smallest absolute Gasteiger partial charge is 0.0963 e. The second-order valence-corrected chi connectivity index (χ2v) is 9.53. The van der Waals surface area contributed by atoms with Crippen molar-refractivity contribution >= 4 is 45.1 Å². The zero-order valence-corrected chi connectivity index (χ0v) is 21.6. The van der Waals surface area contributed by atoms with Crippen LogP contribution in [0.1, 0.15) is 18.2 Å². The lowest BCUT2D eigenvalue weighted by Crippen LogP contribution is -1.97. The van der Waals surface area contributed by atoms with Crippen LogP contribution in [0.3, 0.4) is 0 Å². The highest BCUT2D eigenvalue weighted by Crippen LogP contribution is 2.33. The number of hydrogen-bond acceptors (Lipinski definition) is 2. The van der Waals surface area contributed by atoms with Gasteiger partial charge >= 0.3 is 0 Å². The molecule has 4 heterocycles. The Morgan fingerprint density at radius 2 is 1.18 bits per heavy atom. The molecule has 0 aliphatic heterocycles. The van der Waals surface area contributed by atoms with Gasteiger partial charge < -0.3 is 9.13 Å². The van der Waals surface area contributed by atoms with E-state index in [1.807, 2.05) is 43.6 Å². The van der Waals surface area contributed by atoms with Crippen LogP contribution in [0.15, 0.2) is 122 Å². The normalized spacial score (nSPS) is 11.7. The van der Waals surface area contributed by atoms with Crippen molar-refractivity contribution < 1.29 is 0 Å². The van der Waals surface area contributed by atoms with Gasteiger partial charge in [-0.15, -0.1) is 0 Å². The van der Waals surface area contributed by atoms with E-state index in [4.69, 9.17) is 0 Å². The molecule has 0 unspecified atom stereocenters. The first kappa shape index (κ1) is 22.9. The van der Waals surface area contributed by atoms with Crippen LogP contribution in [0.2, 0.25) is 0 Å². The summed E-state index contributed by atoms with van der Waals surface area (Å²) in [5, 5.41) is 1.16. The number of para-hydroxylation sites is 1. The lowest BCUT2D eigenvalue weighted by Gasteiger charge is -2.11. The van der Waals surface area contributed by atoms with Crippen LogP contribution in [-0.4, -0.2) is 19.1 Å². The number of rotatable bonds is 5. The molecule has 7 rings (SSSR count).